The second kappa shape index (κ2) is 8.06. The number of hydrogen-bond donors (Lipinski definition) is 0. The van der Waals surface area contributed by atoms with Crippen LogP contribution in [0.15, 0.2) is 30.3 Å². The number of aryl methyl sites for hydroxylation is 1. The van der Waals surface area contributed by atoms with E-state index in [1.807, 2.05) is 30.5 Å². The van der Waals surface area contributed by atoms with Crippen LogP contribution in [0.3, 0.4) is 0 Å². The quantitative estimate of drug-likeness (QED) is 0.533. The number of carbonyl (C=O) groups excluding carboxylic acids is 1. The molecule has 0 unspecified atom stereocenters. The molecule has 1 aliphatic rings. The molecule has 0 fully saturated rings. The smallest absolute Gasteiger partial charge is 0.180 e. The molecule has 162 valence electrons. The molecule has 6 nitrogen and oxygen atoms in total. The van der Waals surface area contributed by atoms with E-state index in [-0.39, 0.29) is 23.2 Å². The van der Waals surface area contributed by atoms with Gasteiger partial charge in [-0.05, 0) is 50.5 Å². The minimum absolute atomic E-state index is 0.0547. The highest BCUT2D eigenvalue weighted by molar-refractivity contribution is 5.94. The van der Waals surface area contributed by atoms with Gasteiger partial charge in [-0.2, -0.15) is 0 Å². The largest absolute Gasteiger partial charge is 0.494 e. The van der Waals surface area contributed by atoms with E-state index in [0.29, 0.717) is 35.9 Å². The number of imidazole rings is 1. The molecular weight excluding hydrogens is 399 g/mol. The fourth-order valence-corrected chi connectivity index (χ4v) is 4.01. The second-order valence-corrected chi connectivity index (χ2v) is 7.74. The first-order chi connectivity index (χ1) is 14.8. The van der Waals surface area contributed by atoms with Gasteiger partial charge in [0.1, 0.15) is 11.5 Å². The van der Waals surface area contributed by atoms with Crippen LogP contribution in [0, 0.1) is 5.82 Å². The van der Waals surface area contributed by atoms with Crippen molar-refractivity contribution in [3.8, 4) is 34.3 Å². The molecule has 31 heavy (non-hydrogen) atoms. The molecule has 0 amide bonds. The lowest BCUT2D eigenvalue weighted by Gasteiger charge is -2.24. The first kappa shape index (κ1) is 20.9. The normalized spacial score (nSPS) is 12.4. The van der Waals surface area contributed by atoms with Crippen LogP contribution < -0.4 is 14.2 Å². The molecule has 0 aliphatic carbocycles. The zero-order valence-electron chi connectivity index (χ0n) is 18.3. The standard InChI is InChI=1S/C24H25FN2O4/c1-13(2)31-21-12-18-15(11-20(21)30-5)9-10-17-23(14(3)28)26-24(27(17)18)16-7-6-8-19(29-4)22(16)25/h6-8,11-13H,9-10H2,1-5H3. The van der Waals surface area contributed by atoms with Gasteiger partial charge in [-0.25, -0.2) is 9.37 Å². The third-order valence-corrected chi connectivity index (χ3v) is 5.33. The molecule has 0 saturated carbocycles. The van der Waals surface area contributed by atoms with Gasteiger partial charge in [0.2, 0.25) is 0 Å². The van der Waals surface area contributed by atoms with Gasteiger partial charge in [-0.1, -0.05) is 6.07 Å². The van der Waals surface area contributed by atoms with E-state index >= 15 is 4.39 Å². The van der Waals surface area contributed by atoms with Crippen LogP contribution in [0.4, 0.5) is 4.39 Å². The molecule has 1 aromatic heterocycles. The lowest BCUT2D eigenvalue weighted by Crippen LogP contribution is -2.16. The first-order valence-electron chi connectivity index (χ1n) is 10.2. The number of ether oxygens (including phenoxy) is 3. The van der Waals surface area contributed by atoms with Crippen LogP contribution in [0.25, 0.3) is 17.1 Å². The van der Waals surface area contributed by atoms with E-state index < -0.39 is 5.82 Å². The van der Waals surface area contributed by atoms with Gasteiger partial charge >= 0.3 is 0 Å². The number of ketones is 1. The van der Waals surface area contributed by atoms with E-state index in [4.69, 9.17) is 14.2 Å². The van der Waals surface area contributed by atoms with Gasteiger partial charge in [0.05, 0.1) is 37.3 Å². The Hall–Kier alpha value is -3.35. The van der Waals surface area contributed by atoms with Gasteiger partial charge in [0, 0.05) is 13.0 Å². The summed E-state index contributed by atoms with van der Waals surface area (Å²) in [5.74, 6) is 1.02. The molecule has 1 aliphatic heterocycles. The van der Waals surface area contributed by atoms with Crippen molar-refractivity contribution < 1.29 is 23.4 Å². The summed E-state index contributed by atoms with van der Waals surface area (Å²) >= 11 is 0. The third kappa shape index (κ3) is 3.54. The van der Waals surface area contributed by atoms with Crippen molar-refractivity contribution in [2.24, 2.45) is 0 Å². The predicted molar refractivity (Wildman–Crippen MR) is 115 cm³/mol. The van der Waals surface area contributed by atoms with Crippen molar-refractivity contribution in [2.45, 2.75) is 39.7 Å². The Kier molecular flexibility index (Phi) is 5.43. The van der Waals surface area contributed by atoms with Crippen LogP contribution in [0.2, 0.25) is 0 Å². The number of fused-ring (bicyclic) bond motifs is 3. The number of benzene rings is 2. The van der Waals surface area contributed by atoms with Gasteiger partial charge in [-0.15, -0.1) is 0 Å². The number of rotatable bonds is 6. The molecule has 2 heterocycles. The zero-order chi connectivity index (χ0) is 22.3. The summed E-state index contributed by atoms with van der Waals surface area (Å²) in [6.45, 7) is 5.35. The summed E-state index contributed by atoms with van der Waals surface area (Å²) in [7, 11) is 3.02. The Morgan fingerprint density at radius 3 is 2.48 bits per heavy atom. The average Bonchev–Trinajstić information content (AvgIpc) is 3.13. The van der Waals surface area contributed by atoms with E-state index in [0.717, 1.165) is 16.9 Å². The number of hydrogen-bond acceptors (Lipinski definition) is 5. The first-order valence-corrected chi connectivity index (χ1v) is 10.2. The topological polar surface area (TPSA) is 62.6 Å². The average molecular weight is 424 g/mol. The maximum absolute atomic E-state index is 15.2. The highest BCUT2D eigenvalue weighted by atomic mass is 19.1. The molecular formula is C24H25FN2O4. The van der Waals surface area contributed by atoms with Crippen LogP contribution in [-0.4, -0.2) is 35.7 Å². The SMILES string of the molecule is COc1cc2c(cc1OC(C)C)-n1c(-c3cccc(OC)c3F)nc(C(C)=O)c1CC2. The number of methoxy groups -OCH3 is 2. The molecule has 0 bridgehead atoms. The summed E-state index contributed by atoms with van der Waals surface area (Å²) in [6.07, 6.45) is 1.26. The number of aromatic nitrogens is 2. The van der Waals surface area contributed by atoms with E-state index in [2.05, 4.69) is 4.98 Å². The highest BCUT2D eigenvalue weighted by Crippen LogP contribution is 2.40. The highest BCUT2D eigenvalue weighted by Gasteiger charge is 2.29. The van der Waals surface area contributed by atoms with Crippen LogP contribution in [-0.2, 0) is 12.8 Å². The van der Waals surface area contributed by atoms with Crippen LogP contribution in [0.1, 0.15) is 42.5 Å². The Morgan fingerprint density at radius 2 is 1.84 bits per heavy atom. The van der Waals surface area contributed by atoms with Crippen molar-refractivity contribution in [3.63, 3.8) is 0 Å². The van der Waals surface area contributed by atoms with Gasteiger partial charge < -0.3 is 14.2 Å². The van der Waals surface area contributed by atoms with Crippen molar-refractivity contribution >= 4 is 5.78 Å². The molecule has 0 atom stereocenters. The van der Waals surface area contributed by atoms with E-state index in [1.54, 1.807) is 25.3 Å². The monoisotopic (exact) mass is 424 g/mol. The molecule has 4 rings (SSSR count). The number of nitrogens with zero attached hydrogens (tertiary/aromatic N) is 2. The van der Waals surface area contributed by atoms with Crippen molar-refractivity contribution in [1.29, 1.82) is 0 Å². The van der Waals surface area contributed by atoms with E-state index in [9.17, 15) is 4.79 Å². The summed E-state index contributed by atoms with van der Waals surface area (Å²) in [6, 6.07) is 8.72. The lowest BCUT2D eigenvalue weighted by molar-refractivity contribution is 0.101. The minimum atomic E-state index is -0.521. The maximum Gasteiger partial charge on any atom is 0.180 e. The number of Topliss-reactive ketones (excluding diaryl/α,β-unsaturated/α-hetero) is 1. The van der Waals surface area contributed by atoms with Gasteiger partial charge in [0.15, 0.2) is 28.8 Å². The number of carbonyl (C=O) groups is 1. The third-order valence-electron chi connectivity index (χ3n) is 5.33. The van der Waals surface area contributed by atoms with Crippen LogP contribution >= 0.6 is 0 Å². The Bertz CT molecular complexity index is 1170. The summed E-state index contributed by atoms with van der Waals surface area (Å²) in [5.41, 5.74) is 3.19. The fourth-order valence-electron chi connectivity index (χ4n) is 4.01. The van der Waals surface area contributed by atoms with Crippen molar-refractivity contribution in [2.75, 3.05) is 14.2 Å². The Balaban J connectivity index is 2.01. The molecule has 0 saturated heterocycles. The molecule has 0 N–H and O–H groups in total. The fraction of sp³-hybridized carbons (Fsp3) is 0.333. The van der Waals surface area contributed by atoms with Crippen molar-refractivity contribution in [3.05, 3.63) is 53.1 Å². The summed E-state index contributed by atoms with van der Waals surface area (Å²) in [4.78, 5) is 16.9. The minimum Gasteiger partial charge on any atom is -0.494 e. The maximum atomic E-state index is 15.2. The van der Waals surface area contributed by atoms with Crippen molar-refractivity contribution in [1.82, 2.24) is 9.55 Å². The van der Waals surface area contributed by atoms with Gasteiger partial charge in [-0.3, -0.25) is 9.36 Å². The number of halogens is 1. The van der Waals surface area contributed by atoms with Gasteiger partial charge in [0.25, 0.3) is 0 Å². The Morgan fingerprint density at radius 1 is 1.10 bits per heavy atom. The van der Waals surface area contributed by atoms with Crippen LogP contribution in [0.5, 0.6) is 17.2 Å². The predicted octanol–water partition coefficient (Wildman–Crippen LogP) is 4.78. The molecule has 3 aromatic rings. The molecule has 0 spiro atoms. The lowest BCUT2D eigenvalue weighted by atomic mass is 9.98. The molecule has 2 aromatic carbocycles. The Labute approximate surface area is 180 Å². The summed E-state index contributed by atoms with van der Waals surface area (Å²) < 4.78 is 33.7. The molecule has 0 radical (unpaired) electrons. The van der Waals surface area contributed by atoms with E-state index in [1.165, 1.54) is 14.0 Å². The second-order valence-electron chi connectivity index (χ2n) is 7.74. The zero-order valence-corrected chi connectivity index (χ0v) is 18.3. The molecule has 7 heteroatoms. The summed E-state index contributed by atoms with van der Waals surface area (Å²) in [5, 5.41) is 0.